The van der Waals surface area contributed by atoms with Gasteiger partial charge < -0.3 is 0 Å². The molecule has 3 rings (SSSR count). The van der Waals surface area contributed by atoms with Gasteiger partial charge >= 0.3 is 0 Å². The van der Waals surface area contributed by atoms with Crippen LogP contribution in [-0.2, 0) is 6.54 Å². The van der Waals surface area contributed by atoms with Crippen molar-refractivity contribution in [1.29, 1.82) is 10.5 Å². The second kappa shape index (κ2) is 6.22. The van der Waals surface area contributed by atoms with E-state index in [0.29, 0.717) is 6.54 Å². The lowest BCUT2D eigenvalue weighted by Gasteiger charge is -2.04. The summed E-state index contributed by atoms with van der Waals surface area (Å²) in [6.07, 6.45) is 0. The van der Waals surface area contributed by atoms with E-state index < -0.39 is 0 Å². The van der Waals surface area contributed by atoms with E-state index in [9.17, 15) is 10.5 Å². The van der Waals surface area contributed by atoms with Crippen molar-refractivity contribution in [1.82, 2.24) is 0 Å². The molecule has 0 N–H and O–H groups in total. The molecule has 0 aliphatic rings. The van der Waals surface area contributed by atoms with Crippen LogP contribution in [0.1, 0.15) is 5.56 Å². The Balaban J connectivity index is 2.11. The SMILES string of the molecule is N#CC(C#N)=C(C[n+]1csc2ccccc21)c1ccccc1. The Morgan fingerprint density at radius 1 is 0.955 bits per heavy atom. The molecular formula is C18H12N3S+. The number of nitrogens with zero attached hydrogens (tertiary/aromatic N) is 3. The van der Waals surface area contributed by atoms with Gasteiger partial charge in [-0.15, -0.1) is 0 Å². The maximum absolute atomic E-state index is 9.26. The molecule has 22 heavy (non-hydrogen) atoms. The predicted molar refractivity (Wildman–Crippen MR) is 86.6 cm³/mol. The van der Waals surface area contributed by atoms with Gasteiger partial charge in [-0.05, 0) is 11.6 Å². The van der Waals surface area contributed by atoms with Gasteiger partial charge in [0.1, 0.15) is 22.4 Å². The molecule has 0 unspecified atom stereocenters. The Kier molecular flexibility index (Phi) is 3.96. The molecule has 1 heterocycles. The lowest BCUT2D eigenvalue weighted by Crippen LogP contribution is -2.32. The minimum absolute atomic E-state index is 0.161. The highest BCUT2D eigenvalue weighted by Crippen LogP contribution is 2.21. The van der Waals surface area contributed by atoms with E-state index in [2.05, 4.69) is 10.6 Å². The number of allylic oxidation sites excluding steroid dienone is 2. The van der Waals surface area contributed by atoms with E-state index in [-0.39, 0.29) is 5.57 Å². The molecule has 104 valence electrons. The fraction of sp³-hybridized carbons (Fsp3) is 0.0556. The highest BCUT2D eigenvalue weighted by Gasteiger charge is 2.18. The van der Waals surface area contributed by atoms with Crippen LogP contribution in [0.4, 0.5) is 0 Å². The smallest absolute Gasteiger partial charge is 0.192 e. The first-order valence-corrected chi connectivity index (χ1v) is 7.66. The predicted octanol–water partition coefficient (Wildman–Crippen LogP) is 3.69. The van der Waals surface area contributed by atoms with Gasteiger partial charge in [-0.1, -0.05) is 53.8 Å². The van der Waals surface area contributed by atoms with Gasteiger partial charge in [0.2, 0.25) is 11.0 Å². The van der Waals surface area contributed by atoms with Crippen LogP contribution < -0.4 is 4.57 Å². The van der Waals surface area contributed by atoms with Crippen molar-refractivity contribution in [3.63, 3.8) is 0 Å². The van der Waals surface area contributed by atoms with Gasteiger partial charge in [-0.3, -0.25) is 0 Å². The maximum Gasteiger partial charge on any atom is 0.226 e. The lowest BCUT2D eigenvalue weighted by atomic mass is 10.0. The zero-order valence-electron chi connectivity index (χ0n) is 11.7. The Morgan fingerprint density at radius 3 is 2.36 bits per heavy atom. The third-order valence-corrected chi connectivity index (χ3v) is 4.42. The largest absolute Gasteiger partial charge is 0.226 e. The van der Waals surface area contributed by atoms with Crippen LogP contribution in [0.5, 0.6) is 0 Å². The number of fused-ring (bicyclic) bond motifs is 1. The molecule has 0 atom stereocenters. The Hall–Kier alpha value is -2.95. The van der Waals surface area contributed by atoms with Crippen molar-refractivity contribution in [3.05, 3.63) is 71.2 Å². The Labute approximate surface area is 132 Å². The third-order valence-electron chi connectivity index (χ3n) is 3.46. The van der Waals surface area contributed by atoms with E-state index in [1.807, 2.05) is 66.2 Å². The summed E-state index contributed by atoms with van der Waals surface area (Å²) in [4.78, 5) is 0. The molecule has 0 aliphatic heterocycles. The fourth-order valence-electron chi connectivity index (χ4n) is 2.38. The average Bonchev–Trinajstić information content (AvgIpc) is 2.99. The zero-order chi connectivity index (χ0) is 15.4. The molecule has 0 saturated heterocycles. The van der Waals surface area contributed by atoms with Crippen molar-refractivity contribution in [2.75, 3.05) is 0 Å². The molecule has 3 nitrogen and oxygen atoms in total. The van der Waals surface area contributed by atoms with Crippen molar-refractivity contribution < 1.29 is 4.57 Å². The number of rotatable bonds is 3. The van der Waals surface area contributed by atoms with E-state index in [1.165, 1.54) is 4.70 Å². The standard InChI is InChI=1S/C18H12N3S/c19-10-15(11-20)16(14-6-2-1-3-7-14)12-21-13-22-18-9-5-4-8-17(18)21/h1-9,13H,12H2/q+1. The molecule has 0 fully saturated rings. The summed E-state index contributed by atoms with van der Waals surface area (Å²) in [5, 5.41) is 18.5. The molecule has 4 heteroatoms. The third kappa shape index (κ3) is 2.61. The first-order valence-electron chi connectivity index (χ1n) is 6.78. The molecule has 0 saturated carbocycles. The molecule has 0 amide bonds. The monoisotopic (exact) mass is 302 g/mol. The topological polar surface area (TPSA) is 51.5 Å². The second-order valence-corrected chi connectivity index (χ2v) is 5.65. The van der Waals surface area contributed by atoms with Crippen LogP contribution in [0.2, 0.25) is 0 Å². The molecule has 3 aromatic rings. The first kappa shape index (κ1) is 14.0. The van der Waals surface area contributed by atoms with Gasteiger partial charge in [-0.2, -0.15) is 15.1 Å². The number of hydrogen-bond donors (Lipinski definition) is 0. The van der Waals surface area contributed by atoms with Gasteiger partial charge in [-0.25, -0.2) is 0 Å². The highest BCUT2D eigenvalue weighted by molar-refractivity contribution is 7.16. The average molecular weight is 302 g/mol. The number of nitriles is 2. The van der Waals surface area contributed by atoms with Gasteiger partial charge in [0.15, 0.2) is 6.54 Å². The van der Waals surface area contributed by atoms with Gasteiger partial charge in [0.25, 0.3) is 0 Å². The summed E-state index contributed by atoms with van der Waals surface area (Å²) in [5.41, 5.74) is 4.95. The van der Waals surface area contributed by atoms with E-state index in [4.69, 9.17) is 0 Å². The first-order chi connectivity index (χ1) is 10.8. The fourth-order valence-corrected chi connectivity index (χ4v) is 3.27. The second-order valence-electron chi connectivity index (χ2n) is 4.76. The minimum atomic E-state index is 0.161. The Bertz CT molecular complexity index is 908. The summed E-state index contributed by atoms with van der Waals surface area (Å²) < 4.78 is 3.27. The van der Waals surface area contributed by atoms with Crippen molar-refractivity contribution >= 4 is 27.1 Å². The minimum Gasteiger partial charge on any atom is -0.192 e. The summed E-state index contributed by atoms with van der Waals surface area (Å²) >= 11 is 1.65. The number of hydrogen-bond acceptors (Lipinski definition) is 3. The molecule has 0 bridgehead atoms. The summed E-state index contributed by atoms with van der Waals surface area (Å²) in [7, 11) is 0. The molecular weight excluding hydrogens is 290 g/mol. The highest BCUT2D eigenvalue weighted by atomic mass is 32.1. The molecule has 1 aromatic heterocycles. The van der Waals surface area contributed by atoms with Crippen molar-refractivity contribution in [2.24, 2.45) is 0 Å². The normalized spacial score (nSPS) is 9.91. The molecule has 0 aliphatic carbocycles. The van der Waals surface area contributed by atoms with Crippen molar-refractivity contribution in [3.8, 4) is 12.1 Å². The van der Waals surface area contributed by atoms with E-state index in [1.54, 1.807) is 11.3 Å². The summed E-state index contributed by atoms with van der Waals surface area (Å²) in [6.45, 7) is 0.504. The van der Waals surface area contributed by atoms with Crippen LogP contribution in [0.25, 0.3) is 15.8 Å². The number of aromatic nitrogens is 1. The maximum atomic E-state index is 9.26. The molecule has 2 aromatic carbocycles. The van der Waals surface area contributed by atoms with Crippen LogP contribution >= 0.6 is 11.3 Å². The van der Waals surface area contributed by atoms with Crippen molar-refractivity contribution in [2.45, 2.75) is 6.54 Å². The van der Waals surface area contributed by atoms with Crippen LogP contribution in [0, 0.1) is 22.7 Å². The van der Waals surface area contributed by atoms with Crippen LogP contribution in [0.3, 0.4) is 0 Å². The number of para-hydroxylation sites is 1. The van der Waals surface area contributed by atoms with Crippen LogP contribution in [-0.4, -0.2) is 0 Å². The Morgan fingerprint density at radius 2 is 1.64 bits per heavy atom. The number of benzene rings is 2. The van der Waals surface area contributed by atoms with E-state index in [0.717, 1.165) is 16.7 Å². The van der Waals surface area contributed by atoms with Crippen LogP contribution in [0.15, 0.2) is 65.7 Å². The number of thiazole rings is 1. The van der Waals surface area contributed by atoms with Gasteiger partial charge in [0, 0.05) is 6.07 Å². The summed E-state index contributed by atoms with van der Waals surface area (Å²) in [6, 6.07) is 21.8. The summed E-state index contributed by atoms with van der Waals surface area (Å²) in [5.74, 6) is 0. The quantitative estimate of drug-likeness (QED) is 0.547. The van der Waals surface area contributed by atoms with Gasteiger partial charge in [0.05, 0.1) is 5.57 Å². The molecule has 0 spiro atoms. The molecule has 0 radical (unpaired) electrons. The lowest BCUT2D eigenvalue weighted by molar-refractivity contribution is -0.653. The zero-order valence-corrected chi connectivity index (χ0v) is 12.5. The van der Waals surface area contributed by atoms with E-state index >= 15 is 0 Å².